The first-order valence-corrected chi connectivity index (χ1v) is 5.52. The second-order valence-corrected chi connectivity index (χ2v) is 4.11. The van der Waals surface area contributed by atoms with E-state index in [0.29, 0.717) is 16.5 Å². The van der Waals surface area contributed by atoms with E-state index in [1.807, 2.05) is 13.0 Å². The van der Waals surface area contributed by atoms with E-state index in [1.165, 1.54) is 12.4 Å². The highest BCUT2D eigenvalue weighted by molar-refractivity contribution is 6.33. The number of aromatic carboxylic acids is 1. The second-order valence-electron chi connectivity index (χ2n) is 3.70. The average Bonchev–Trinajstić information content (AvgIpc) is 2.33. The normalized spacial score (nSPS) is 10.1. The van der Waals surface area contributed by atoms with E-state index in [9.17, 15) is 4.79 Å². The number of aryl methyl sites for hydroxylation is 1. The molecular weight excluding hydrogens is 254 g/mol. The summed E-state index contributed by atoms with van der Waals surface area (Å²) in [5.74, 6) is -0.790. The largest absolute Gasteiger partial charge is 0.476 e. The fourth-order valence-corrected chi connectivity index (χ4v) is 1.67. The highest BCUT2D eigenvalue weighted by Gasteiger charge is 2.07. The molecule has 0 aliphatic heterocycles. The second kappa shape index (κ2) is 5.01. The Hall–Kier alpha value is -2.14. The maximum absolute atomic E-state index is 10.8. The predicted octanol–water partition coefficient (Wildman–Crippen LogP) is 2.88. The molecule has 0 atom stereocenters. The number of nitrogens with zero attached hydrogens (tertiary/aromatic N) is 2. The van der Waals surface area contributed by atoms with Crippen LogP contribution in [0.3, 0.4) is 0 Å². The van der Waals surface area contributed by atoms with Crippen molar-refractivity contribution in [3.05, 3.63) is 46.9 Å². The Morgan fingerprint density at radius 2 is 2.17 bits per heavy atom. The molecule has 2 N–H and O–H groups in total. The van der Waals surface area contributed by atoms with Gasteiger partial charge in [-0.15, -0.1) is 0 Å². The van der Waals surface area contributed by atoms with Crippen LogP contribution < -0.4 is 5.32 Å². The molecule has 0 radical (unpaired) electrons. The summed E-state index contributed by atoms with van der Waals surface area (Å²) >= 11 is 6.05. The van der Waals surface area contributed by atoms with Crippen LogP contribution in [0, 0.1) is 6.92 Å². The van der Waals surface area contributed by atoms with Crippen LogP contribution in [0.15, 0.2) is 30.6 Å². The van der Waals surface area contributed by atoms with Gasteiger partial charge in [-0.1, -0.05) is 17.7 Å². The van der Waals surface area contributed by atoms with Crippen molar-refractivity contribution < 1.29 is 9.90 Å². The van der Waals surface area contributed by atoms with Crippen molar-refractivity contribution in [2.75, 3.05) is 5.32 Å². The number of nitrogens with one attached hydrogen (secondary N) is 1. The minimum absolute atomic E-state index is 0.122. The first-order chi connectivity index (χ1) is 8.56. The molecule has 18 heavy (non-hydrogen) atoms. The Bertz CT molecular complexity index is 602. The van der Waals surface area contributed by atoms with Crippen LogP contribution in [0.1, 0.15) is 16.1 Å². The van der Waals surface area contributed by atoms with Gasteiger partial charge >= 0.3 is 5.97 Å². The minimum Gasteiger partial charge on any atom is -0.476 e. The van der Waals surface area contributed by atoms with Crippen LogP contribution in [-0.2, 0) is 0 Å². The summed E-state index contributed by atoms with van der Waals surface area (Å²) in [5.41, 5.74) is 1.57. The third kappa shape index (κ3) is 2.75. The van der Waals surface area contributed by atoms with E-state index < -0.39 is 5.97 Å². The lowest BCUT2D eigenvalue weighted by molar-refractivity contribution is 0.0690. The zero-order valence-corrected chi connectivity index (χ0v) is 10.3. The van der Waals surface area contributed by atoms with Crippen molar-refractivity contribution in [2.24, 2.45) is 0 Å². The number of carboxylic acids is 1. The van der Waals surface area contributed by atoms with Crippen LogP contribution in [0.4, 0.5) is 11.5 Å². The SMILES string of the molecule is Cc1ccc(Nc2cncc(C(=O)O)n2)c(Cl)c1. The van der Waals surface area contributed by atoms with Gasteiger partial charge in [-0.25, -0.2) is 9.78 Å². The lowest BCUT2D eigenvalue weighted by Crippen LogP contribution is -2.04. The summed E-state index contributed by atoms with van der Waals surface area (Å²) in [4.78, 5) is 18.5. The molecule has 5 nitrogen and oxygen atoms in total. The highest BCUT2D eigenvalue weighted by atomic mass is 35.5. The van der Waals surface area contributed by atoms with Crippen molar-refractivity contribution in [3.8, 4) is 0 Å². The van der Waals surface area contributed by atoms with Gasteiger partial charge < -0.3 is 10.4 Å². The third-order valence-electron chi connectivity index (χ3n) is 2.24. The van der Waals surface area contributed by atoms with Crippen molar-refractivity contribution >= 4 is 29.1 Å². The molecule has 0 fully saturated rings. The van der Waals surface area contributed by atoms with Gasteiger partial charge in [0, 0.05) is 0 Å². The lowest BCUT2D eigenvalue weighted by Gasteiger charge is -2.08. The molecule has 2 aromatic rings. The predicted molar refractivity (Wildman–Crippen MR) is 68.5 cm³/mol. The molecule has 1 aromatic heterocycles. The quantitative estimate of drug-likeness (QED) is 0.891. The number of carboxylic acid groups (broad SMARTS) is 1. The minimum atomic E-state index is -1.12. The van der Waals surface area contributed by atoms with Crippen LogP contribution in [0.25, 0.3) is 0 Å². The molecule has 0 bridgehead atoms. The molecule has 0 saturated heterocycles. The third-order valence-corrected chi connectivity index (χ3v) is 2.55. The number of halogens is 1. The number of aromatic nitrogens is 2. The Kier molecular flexibility index (Phi) is 3.43. The maximum atomic E-state index is 10.8. The van der Waals surface area contributed by atoms with Gasteiger partial charge in [0.15, 0.2) is 5.69 Å². The molecule has 0 aliphatic rings. The molecule has 2 rings (SSSR count). The maximum Gasteiger partial charge on any atom is 0.356 e. The van der Waals surface area contributed by atoms with Gasteiger partial charge in [-0.05, 0) is 24.6 Å². The monoisotopic (exact) mass is 263 g/mol. The number of rotatable bonds is 3. The van der Waals surface area contributed by atoms with Gasteiger partial charge in [0.05, 0.1) is 23.1 Å². The van der Waals surface area contributed by atoms with Gasteiger partial charge in [0.25, 0.3) is 0 Å². The topological polar surface area (TPSA) is 75.1 Å². The number of hydrogen-bond donors (Lipinski definition) is 2. The Morgan fingerprint density at radius 3 is 2.83 bits per heavy atom. The molecule has 92 valence electrons. The lowest BCUT2D eigenvalue weighted by atomic mass is 10.2. The number of anilines is 2. The number of benzene rings is 1. The molecule has 0 amide bonds. The summed E-state index contributed by atoms with van der Waals surface area (Å²) in [7, 11) is 0. The molecule has 1 heterocycles. The van der Waals surface area contributed by atoms with Crippen LogP contribution in [-0.4, -0.2) is 21.0 Å². The fourth-order valence-electron chi connectivity index (χ4n) is 1.39. The van der Waals surface area contributed by atoms with E-state index in [0.717, 1.165) is 5.56 Å². The van der Waals surface area contributed by atoms with Gasteiger partial charge in [-0.2, -0.15) is 0 Å². The van der Waals surface area contributed by atoms with Gasteiger partial charge in [-0.3, -0.25) is 4.98 Å². The Labute approximate surface area is 108 Å². The van der Waals surface area contributed by atoms with E-state index >= 15 is 0 Å². The summed E-state index contributed by atoms with van der Waals surface area (Å²) in [6.07, 6.45) is 2.62. The fraction of sp³-hybridized carbons (Fsp3) is 0.0833. The molecule has 6 heteroatoms. The van der Waals surface area contributed by atoms with Crippen LogP contribution in [0.5, 0.6) is 0 Å². The van der Waals surface area contributed by atoms with Crippen LogP contribution >= 0.6 is 11.6 Å². The van der Waals surface area contributed by atoms with Crippen molar-refractivity contribution in [3.63, 3.8) is 0 Å². The van der Waals surface area contributed by atoms with Crippen molar-refractivity contribution in [1.29, 1.82) is 0 Å². The summed E-state index contributed by atoms with van der Waals surface area (Å²) in [6, 6.07) is 5.49. The Morgan fingerprint density at radius 1 is 1.39 bits per heavy atom. The van der Waals surface area contributed by atoms with E-state index in [-0.39, 0.29) is 5.69 Å². The molecule has 0 saturated carbocycles. The average molecular weight is 264 g/mol. The zero-order valence-electron chi connectivity index (χ0n) is 9.51. The molecular formula is C12H10ClN3O2. The Balaban J connectivity index is 2.28. The van der Waals surface area contributed by atoms with Gasteiger partial charge in [0.2, 0.25) is 0 Å². The van der Waals surface area contributed by atoms with Crippen molar-refractivity contribution in [1.82, 2.24) is 9.97 Å². The smallest absolute Gasteiger partial charge is 0.356 e. The van der Waals surface area contributed by atoms with E-state index in [1.54, 1.807) is 12.1 Å². The standard InChI is InChI=1S/C12H10ClN3O2/c1-7-2-3-9(8(13)4-7)15-11-6-14-5-10(16-11)12(17)18/h2-6H,1H3,(H,15,16)(H,17,18). The van der Waals surface area contributed by atoms with Crippen molar-refractivity contribution in [2.45, 2.75) is 6.92 Å². The molecule has 1 aromatic carbocycles. The number of carbonyl (C=O) groups is 1. The highest BCUT2D eigenvalue weighted by Crippen LogP contribution is 2.25. The van der Waals surface area contributed by atoms with E-state index in [2.05, 4.69) is 15.3 Å². The summed E-state index contributed by atoms with van der Waals surface area (Å²) in [6.45, 7) is 1.93. The number of hydrogen-bond acceptors (Lipinski definition) is 4. The van der Waals surface area contributed by atoms with E-state index in [4.69, 9.17) is 16.7 Å². The molecule has 0 unspecified atom stereocenters. The summed E-state index contributed by atoms with van der Waals surface area (Å²) < 4.78 is 0. The molecule has 0 spiro atoms. The first-order valence-electron chi connectivity index (χ1n) is 5.15. The first kappa shape index (κ1) is 12.3. The summed E-state index contributed by atoms with van der Waals surface area (Å²) in [5, 5.41) is 12.3. The zero-order chi connectivity index (χ0) is 13.1. The molecule has 0 aliphatic carbocycles. The van der Waals surface area contributed by atoms with Crippen LogP contribution in [0.2, 0.25) is 5.02 Å². The van der Waals surface area contributed by atoms with Gasteiger partial charge in [0.1, 0.15) is 5.82 Å².